The maximum Gasteiger partial charge on any atom is 0.322 e. The largest absolute Gasteiger partial charge is 0.480 e. The van der Waals surface area contributed by atoms with E-state index in [1.807, 2.05) is 0 Å². The number of imidazole rings is 1. The Balaban J connectivity index is 2.15. The fourth-order valence-electron chi connectivity index (χ4n) is 2.04. The molecule has 0 bridgehead atoms. The lowest BCUT2D eigenvalue weighted by molar-refractivity contribution is -0.137. The zero-order chi connectivity index (χ0) is 17.0. The van der Waals surface area contributed by atoms with E-state index in [1.54, 1.807) is 6.92 Å². The summed E-state index contributed by atoms with van der Waals surface area (Å²) in [6.07, 6.45) is 1.60. The molecule has 9 heteroatoms. The Kier molecular flexibility index (Phi) is 4.89. The van der Waals surface area contributed by atoms with Gasteiger partial charge in [0.2, 0.25) is 5.91 Å². The normalized spacial score (nSPS) is 10.5. The van der Waals surface area contributed by atoms with Crippen molar-refractivity contribution in [2.45, 2.75) is 13.3 Å². The smallest absolute Gasteiger partial charge is 0.322 e. The highest BCUT2D eigenvalue weighted by atomic mass is 19.1. The van der Waals surface area contributed by atoms with E-state index in [0.29, 0.717) is 17.8 Å². The number of nitrogens with zero attached hydrogens (tertiary/aromatic N) is 2. The first-order chi connectivity index (χ1) is 10.9. The molecule has 0 aliphatic heterocycles. The Hall–Kier alpha value is -2.97. The number of hydrogen-bond acceptors (Lipinski definition) is 4. The average molecular weight is 322 g/mol. The van der Waals surface area contributed by atoms with Gasteiger partial charge in [0.1, 0.15) is 23.7 Å². The molecule has 0 aromatic carbocycles. The second-order valence-electron chi connectivity index (χ2n) is 4.69. The minimum atomic E-state index is -1.18. The number of aromatic nitrogens is 2. The maximum absolute atomic E-state index is 13.4. The van der Waals surface area contributed by atoms with Crippen molar-refractivity contribution in [3.05, 3.63) is 35.5 Å². The van der Waals surface area contributed by atoms with Crippen LogP contribution < -0.4 is 10.6 Å². The van der Waals surface area contributed by atoms with Crippen molar-refractivity contribution in [1.82, 2.24) is 20.0 Å². The summed E-state index contributed by atoms with van der Waals surface area (Å²) >= 11 is 0. The van der Waals surface area contributed by atoms with Gasteiger partial charge in [-0.15, -0.1) is 0 Å². The number of carbonyl (C=O) groups is 3. The van der Waals surface area contributed by atoms with Crippen LogP contribution in [0.25, 0.3) is 5.65 Å². The number of aliphatic carboxylic acids is 1. The van der Waals surface area contributed by atoms with Crippen LogP contribution in [0.15, 0.2) is 18.3 Å². The number of carboxylic acids is 1. The molecular weight excluding hydrogens is 307 g/mol. The van der Waals surface area contributed by atoms with Crippen LogP contribution in [0.5, 0.6) is 0 Å². The van der Waals surface area contributed by atoms with Gasteiger partial charge < -0.3 is 15.7 Å². The molecule has 8 nitrogen and oxygen atoms in total. The van der Waals surface area contributed by atoms with Crippen molar-refractivity contribution in [3.63, 3.8) is 0 Å². The molecule has 0 saturated heterocycles. The second-order valence-corrected chi connectivity index (χ2v) is 4.69. The summed E-state index contributed by atoms with van der Waals surface area (Å²) in [4.78, 5) is 38.3. The van der Waals surface area contributed by atoms with Crippen molar-refractivity contribution >= 4 is 23.4 Å². The lowest BCUT2D eigenvalue weighted by Gasteiger charge is -2.07. The van der Waals surface area contributed by atoms with Gasteiger partial charge in [0.25, 0.3) is 5.91 Å². The fraction of sp³-hybridized carbons (Fsp3) is 0.286. The molecule has 23 heavy (non-hydrogen) atoms. The first-order valence-electron chi connectivity index (χ1n) is 6.85. The van der Waals surface area contributed by atoms with Crippen molar-refractivity contribution in [2.75, 3.05) is 13.1 Å². The standard InChI is InChI=1S/C14H15FN4O4/c1-2-9-13(19-7-8(15)3-4-10(19)18-9)14(23)17-5-11(20)16-6-12(21)22/h3-4,7H,2,5-6H2,1H3,(H,16,20)(H,17,23)(H,21,22). The number of rotatable bonds is 6. The molecule has 2 aromatic heterocycles. The molecule has 0 aliphatic carbocycles. The Morgan fingerprint density at radius 3 is 2.65 bits per heavy atom. The molecule has 3 N–H and O–H groups in total. The third kappa shape index (κ3) is 3.82. The third-order valence-electron chi connectivity index (χ3n) is 3.05. The zero-order valence-corrected chi connectivity index (χ0v) is 12.3. The summed E-state index contributed by atoms with van der Waals surface area (Å²) in [5.74, 6) is -2.94. The van der Waals surface area contributed by atoms with Crippen LogP contribution in [0.4, 0.5) is 4.39 Å². The summed E-state index contributed by atoms with van der Waals surface area (Å²) in [5, 5.41) is 12.9. The van der Waals surface area contributed by atoms with Gasteiger partial charge in [-0.1, -0.05) is 6.92 Å². The Bertz CT molecular complexity index is 771. The molecule has 0 saturated carbocycles. The predicted octanol–water partition coefficient (Wildman–Crippen LogP) is -0.0336. The first-order valence-corrected chi connectivity index (χ1v) is 6.85. The summed E-state index contributed by atoms with van der Waals surface area (Å²) in [7, 11) is 0. The van der Waals surface area contributed by atoms with E-state index >= 15 is 0 Å². The van der Waals surface area contributed by atoms with Crippen LogP contribution in [-0.4, -0.2) is 45.4 Å². The molecule has 0 fully saturated rings. The lowest BCUT2D eigenvalue weighted by atomic mass is 10.2. The predicted molar refractivity (Wildman–Crippen MR) is 77.5 cm³/mol. The van der Waals surface area contributed by atoms with E-state index in [9.17, 15) is 18.8 Å². The molecule has 2 heterocycles. The van der Waals surface area contributed by atoms with E-state index in [-0.39, 0.29) is 5.69 Å². The van der Waals surface area contributed by atoms with Crippen molar-refractivity contribution in [3.8, 4) is 0 Å². The number of halogens is 1. The Morgan fingerprint density at radius 2 is 2.00 bits per heavy atom. The molecule has 0 aliphatic rings. The summed E-state index contributed by atoms with van der Waals surface area (Å²) in [5.41, 5.74) is 1.04. The van der Waals surface area contributed by atoms with Gasteiger partial charge in [-0.2, -0.15) is 0 Å². The van der Waals surface area contributed by atoms with Gasteiger partial charge in [0, 0.05) is 6.20 Å². The number of hydrogen-bond donors (Lipinski definition) is 3. The van der Waals surface area contributed by atoms with Gasteiger partial charge in [0.15, 0.2) is 0 Å². The van der Waals surface area contributed by atoms with Gasteiger partial charge >= 0.3 is 5.97 Å². The van der Waals surface area contributed by atoms with Crippen LogP contribution in [0, 0.1) is 5.82 Å². The number of aryl methyl sites for hydroxylation is 1. The minimum absolute atomic E-state index is 0.146. The maximum atomic E-state index is 13.4. The molecule has 2 amide bonds. The molecule has 0 unspecified atom stereocenters. The van der Waals surface area contributed by atoms with Crippen LogP contribution >= 0.6 is 0 Å². The number of amides is 2. The Morgan fingerprint density at radius 1 is 1.26 bits per heavy atom. The topological polar surface area (TPSA) is 113 Å². The summed E-state index contributed by atoms with van der Waals surface area (Å²) in [6.45, 7) is 0.877. The molecule has 2 aromatic rings. The zero-order valence-electron chi connectivity index (χ0n) is 12.3. The minimum Gasteiger partial charge on any atom is -0.480 e. The van der Waals surface area contributed by atoms with Gasteiger partial charge in [-0.05, 0) is 18.6 Å². The summed E-state index contributed by atoms with van der Waals surface area (Å²) < 4.78 is 14.7. The quantitative estimate of drug-likeness (QED) is 0.691. The number of carbonyl (C=O) groups excluding carboxylic acids is 2. The number of fused-ring (bicyclic) bond motifs is 1. The van der Waals surface area contributed by atoms with Crippen molar-refractivity contribution < 1.29 is 23.9 Å². The number of nitrogens with one attached hydrogen (secondary N) is 2. The van der Waals surface area contributed by atoms with E-state index in [2.05, 4.69) is 15.6 Å². The van der Waals surface area contributed by atoms with E-state index in [4.69, 9.17) is 5.11 Å². The molecule has 2 rings (SSSR count). The van der Waals surface area contributed by atoms with Gasteiger partial charge in [-0.3, -0.25) is 18.8 Å². The average Bonchev–Trinajstić information content (AvgIpc) is 2.88. The molecule has 0 radical (unpaired) electrons. The first kappa shape index (κ1) is 16.4. The second kappa shape index (κ2) is 6.86. The van der Waals surface area contributed by atoms with Crippen molar-refractivity contribution in [1.29, 1.82) is 0 Å². The highest BCUT2D eigenvalue weighted by molar-refractivity contribution is 5.97. The number of pyridine rings is 1. The summed E-state index contributed by atoms with van der Waals surface area (Å²) in [6, 6.07) is 2.69. The fourth-order valence-corrected chi connectivity index (χ4v) is 2.04. The molecule has 0 spiro atoms. The lowest BCUT2D eigenvalue weighted by Crippen LogP contribution is -2.39. The third-order valence-corrected chi connectivity index (χ3v) is 3.05. The van der Waals surface area contributed by atoms with E-state index in [0.717, 1.165) is 6.20 Å². The molecular formula is C14H15FN4O4. The molecule has 0 atom stereocenters. The van der Waals surface area contributed by atoms with Gasteiger partial charge in [0.05, 0.1) is 12.2 Å². The number of carboxylic acid groups (broad SMARTS) is 1. The molecule has 122 valence electrons. The SMILES string of the molecule is CCc1nc2ccc(F)cn2c1C(=O)NCC(=O)NCC(=O)O. The Labute approximate surface area is 130 Å². The monoisotopic (exact) mass is 322 g/mol. The van der Waals surface area contributed by atoms with Gasteiger partial charge in [-0.25, -0.2) is 9.37 Å². The van der Waals surface area contributed by atoms with Crippen LogP contribution in [0.2, 0.25) is 0 Å². The van der Waals surface area contributed by atoms with E-state index in [1.165, 1.54) is 16.5 Å². The highest BCUT2D eigenvalue weighted by Gasteiger charge is 2.19. The van der Waals surface area contributed by atoms with Crippen LogP contribution in [0.1, 0.15) is 23.1 Å². The highest BCUT2D eigenvalue weighted by Crippen LogP contribution is 2.14. The van der Waals surface area contributed by atoms with Crippen molar-refractivity contribution in [2.24, 2.45) is 0 Å². The van der Waals surface area contributed by atoms with E-state index < -0.39 is 36.7 Å². The van der Waals surface area contributed by atoms with Crippen LogP contribution in [0.3, 0.4) is 0 Å². The van der Waals surface area contributed by atoms with Crippen LogP contribution in [-0.2, 0) is 16.0 Å².